The number of likely N-dealkylation sites (N-methyl/N-ethyl adjacent to an activating group) is 1. The molecule has 0 unspecified atom stereocenters. The van der Waals surface area contributed by atoms with Crippen molar-refractivity contribution in [2.45, 2.75) is 6.42 Å². The molecule has 0 saturated carbocycles. The zero-order valence-electron chi connectivity index (χ0n) is 16.3. The van der Waals surface area contributed by atoms with Crippen LogP contribution in [-0.4, -0.2) is 56.5 Å². The maximum absolute atomic E-state index is 13.5. The minimum Gasteiger partial charge on any atom is -0.369 e. The Kier molecular flexibility index (Phi) is 6.77. The van der Waals surface area contributed by atoms with Gasteiger partial charge in [0.25, 0.3) is 0 Å². The van der Waals surface area contributed by atoms with Gasteiger partial charge in [0.1, 0.15) is 11.6 Å². The number of nitrogens with one attached hydrogen (secondary N) is 2. The Morgan fingerprint density at radius 3 is 2.31 bits per heavy atom. The maximum Gasteiger partial charge on any atom is 0.313 e. The Balaban J connectivity index is 1.44. The van der Waals surface area contributed by atoms with Crippen LogP contribution in [0, 0.1) is 11.6 Å². The Bertz CT molecular complexity index is 865. The molecule has 2 aromatic carbocycles. The fourth-order valence-corrected chi connectivity index (χ4v) is 3.11. The van der Waals surface area contributed by atoms with Crippen molar-refractivity contribution in [2.24, 2.45) is 0 Å². The molecule has 2 aromatic rings. The van der Waals surface area contributed by atoms with Gasteiger partial charge in [0.05, 0.1) is 5.69 Å². The van der Waals surface area contributed by atoms with Gasteiger partial charge in [-0.1, -0.05) is 12.1 Å². The number of amides is 2. The quantitative estimate of drug-likeness (QED) is 0.751. The number of hydrogen-bond donors (Lipinski definition) is 2. The van der Waals surface area contributed by atoms with Crippen LogP contribution >= 0.6 is 0 Å². The van der Waals surface area contributed by atoms with Gasteiger partial charge in [-0.15, -0.1) is 0 Å². The SMILES string of the molecule is CN1CCN(c2ccc(CCNC(=O)C(=O)Nc3ccc(F)cc3F)cc2)CC1. The van der Waals surface area contributed by atoms with E-state index < -0.39 is 23.4 Å². The highest BCUT2D eigenvalue weighted by molar-refractivity contribution is 6.39. The molecule has 1 heterocycles. The summed E-state index contributed by atoms with van der Waals surface area (Å²) >= 11 is 0. The largest absolute Gasteiger partial charge is 0.369 e. The smallest absolute Gasteiger partial charge is 0.313 e. The Morgan fingerprint density at radius 1 is 0.966 bits per heavy atom. The first kappa shape index (κ1) is 20.7. The van der Waals surface area contributed by atoms with E-state index in [1.54, 1.807) is 0 Å². The highest BCUT2D eigenvalue weighted by Crippen LogP contribution is 2.17. The van der Waals surface area contributed by atoms with Gasteiger partial charge in [-0.2, -0.15) is 0 Å². The van der Waals surface area contributed by atoms with E-state index in [0.717, 1.165) is 43.9 Å². The van der Waals surface area contributed by atoms with Gasteiger partial charge in [-0.25, -0.2) is 8.78 Å². The van der Waals surface area contributed by atoms with Crippen LogP contribution in [0.2, 0.25) is 0 Å². The third-order valence-corrected chi connectivity index (χ3v) is 4.89. The van der Waals surface area contributed by atoms with Crippen LogP contribution in [0.4, 0.5) is 20.2 Å². The van der Waals surface area contributed by atoms with Crippen molar-refractivity contribution in [1.29, 1.82) is 0 Å². The summed E-state index contributed by atoms with van der Waals surface area (Å²) in [6, 6.07) is 10.8. The molecule has 8 heteroatoms. The van der Waals surface area contributed by atoms with Crippen LogP contribution < -0.4 is 15.5 Å². The third-order valence-electron chi connectivity index (χ3n) is 4.89. The molecule has 1 aliphatic rings. The highest BCUT2D eigenvalue weighted by Gasteiger charge is 2.16. The first-order valence-corrected chi connectivity index (χ1v) is 9.49. The van der Waals surface area contributed by atoms with E-state index >= 15 is 0 Å². The summed E-state index contributed by atoms with van der Waals surface area (Å²) in [4.78, 5) is 28.4. The van der Waals surface area contributed by atoms with Gasteiger partial charge in [-0.3, -0.25) is 9.59 Å². The van der Waals surface area contributed by atoms with Crippen LogP contribution in [0.1, 0.15) is 5.56 Å². The number of nitrogens with zero attached hydrogens (tertiary/aromatic N) is 2. The van der Waals surface area contributed by atoms with Gasteiger partial charge in [0.15, 0.2) is 0 Å². The summed E-state index contributed by atoms with van der Waals surface area (Å²) in [6.45, 7) is 4.34. The monoisotopic (exact) mass is 402 g/mol. The van der Waals surface area contributed by atoms with E-state index in [1.807, 2.05) is 12.1 Å². The van der Waals surface area contributed by atoms with E-state index in [1.165, 1.54) is 5.69 Å². The number of piperazine rings is 1. The van der Waals surface area contributed by atoms with E-state index in [0.29, 0.717) is 12.5 Å². The molecule has 29 heavy (non-hydrogen) atoms. The lowest BCUT2D eigenvalue weighted by atomic mass is 10.1. The molecule has 1 aliphatic heterocycles. The topological polar surface area (TPSA) is 64.7 Å². The molecule has 0 aromatic heterocycles. The van der Waals surface area contributed by atoms with E-state index in [2.05, 4.69) is 39.6 Å². The first-order chi connectivity index (χ1) is 13.9. The van der Waals surface area contributed by atoms with Crippen molar-refractivity contribution >= 4 is 23.2 Å². The zero-order valence-corrected chi connectivity index (χ0v) is 16.3. The minimum atomic E-state index is -0.999. The summed E-state index contributed by atoms with van der Waals surface area (Å²) in [6.07, 6.45) is 0.562. The number of benzene rings is 2. The molecular formula is C21H24F2N4O2. The molecule has 1 saturated heterocycles. The lowest BCUT2D eigenvalue weighted by Gasteiger charge is -2.34. The van der Waals surface area contributed by atoms with Crippen molar-refractivity contribution in [3.63, 3.8) is 0 Å². The summed E-state index contributed by atoms with van der Waals surface area (Å²) in [5, 5.41) is 4.63. The second kappa shape index (κ2) is 9.47. The van der Waals surface area contributed by atoms with E-state index in [9.17, 15) is 18.4 Å². The second-order valence-electron chi connectivity index (χ2n) is 7.04. The van der Waals surface area contributed by atoms with Gasteiger partial charge in [0.2, 0.25) is 0 Å². The predicted molar refractivity (Wildman–Crippen MR) is 108 cm³/mol. The van der Waals surface area contributed by atoms with Gasteiger partial charge in [0, 0.05) is 44.5 Å². The van der Waals surface area contributed by atoms with Gasteiger partial charge < -0.3 is 20.4 Å². The molecule has 154 valence electrons. The molecule has 0 radical (unpaired) electrons. The van der Waals surface area contributed by atoms with Crippen molar-refractivity contribution in [3.8, 4) is 0 Å². The molecule has 2 amide bonds. The summed E-state index contributed by atoms with van der Waals surface area (Å²) in [7, 11) is 2.12. The Labute approximate surface area is 168 Å². The van der Waals surface area contributed by atoms with Crippen LogP contribution in [0.3, 0.4) is 0 Å². The Hall–Kier alpha value is -3.00. The van der Waals surface area contributed by atoms with Crippen molar-refractivity contribution in [1.82, 2.24) is 10.2 Å². The number of anilines is 2. The minimum absolute atomic E-state index is 0.244. The average molecular weight is 402 g/mol. The van der Waals surface area contributed by atoms with Gasteiger partial charge >= 0.3 is 11.8 Å². The molecule has 6 nitrogen and oxygen atoms in total. The summed E-state index contributed by atoms with van der Waals surface area (Å²) in [5.74, 6) is -3.57. The van der Waals surface area contributed by atoms with Crippen molar-refractivity contribution < 1.29 is 18.4 Å². The number of halogens is 2. The van der Waals surface area contributed by atoms with Crippen LogP contribution in [0.15, 0.2) is 42.5 Å². The van der Waals surface area contributed by atoms with Crippen molar-refractivity contribution in [2.75, 3.05) is 50.0 Å². The number of rotatable bonds is 5. The molecule has 1 fully saturated rings. The maximum atomic E-state index is 13.5. The normalized spacial score (nSPS) is 14.5. The average Bonchev–Trinajstić information content (AvgIpc) is 2.71. The van der Waals surface area contributed by atoms with Crippen molar-refractivity contribution in [3.05, 3.63) is 59.7 Å². The number of carbonyl (C=O) groups is 2. The number of hydrogen-bond acceptors (Lipinski definition) is 4. The van der Waals surface area contributed by atoms with Crippen LogP contribution in [0.25, 0.3) is 0 Å². The molecular weight excluding hydrogens is 378 g/mol. The highest BCUT2D eigenvalue weighted by atomic mass is 19.1. The lowest BCUT2D eigenvalue weighted by molar-refractivity contribution is -0.136. The standard InChI is InChI=1S/C21H24F2N4O2/c1-26-10-12-27(13-11-26)17-5-2-15(3-6-17)8-9-24-20(28)21(29)25-19-7-4-16(22)14-18(19)23/h2-7,14H,8-13H2,1H3,(H,24,28)(H,25,29). The second-order valence-corrected chi connectivity index (χ2v) is 7.04. The van der Waals surface area contributed by atoms with Gasteiger partial charge in [-0.05, 0) is 43.3 Å². The first-order valence-electron chi connectivity index (χ1n) is 9.49. The lowest BCUT2D eigenvalue weighted by Crippen LogP contribution is -2.44. The Morgan fingerprint density at radius 2 is 1.66 bits per heavy atom. The molecule has 0 spiro atoms. The number of carbonyl (C=O) groups excluding carboxylic acids is 2. The predicted octanol–water partition coefficient (Wildman–Crippen LogP) is 2.01. The summed E-state index contributed by atoms with van der Waals surface area (Å²) in [5.41, 5.74) is 1.96. The zero-order chi connectivity index (χ0) is 20.8. The molecule has 0 atom stereocenters. The van der Waals surface area contributed by atoms with Crippen LogP contribution in [0.5, 0.6) is 0 Å². The fourth-order valence-electron chi connectivity index (χ4n) is 3.11. The third kappa shape index (κ3) is 5.74. The fraction of sp³-hybridized carbons (Fsp3) is 0.333. The molecule has 3 rings (SSSR count). The molecule has 2 N–H and O–H groups in total. The van der Waals surface area contributed by atoms with Crippen LogP contribution in [-0.2, 0) is 16.0 Å². The van der Waals surface area contributed by atoms with E-state index in [-0.39, 0.29) is 12.2 Å². The molecule has 0 bridgehead atoms. The van der Waals surface area contributed by atoms with E-state index in [4.69, 9.17) is 0 Å². The summed E-state index contributed by atoms with van der Waals surface area (Å²) < 4.78 is 26.4. The molecule has 0 aliphatic carbocycles.